The summed E-state index contributed by atoms with van der Waals surface area (Å²) in [4.78, 5) is 38.5. The first kappa shape index (κ1) is 26.9. The number of nitrogens with zero attached hydrogens (tertiary/aromatic N) is 1. The number of piperidine rings is 1. The highest BCUT2D eigenvalue weighted by Crippen LogP contribution is 2.39. The SMILES string of the molecule is CCC1(CC)CC(O[P+](=O)O)CCN1C(=O)c1ccc(C(=O)Nc2cc(-c3cccs3)ccc2N)cc1. The van der Waals surface area contributed by atoms with Gasteiger partial charge in [0.1, 0.15) is 6.10 Å². The van der Waals surface area contributed by atoms with Crippen LogP contribution in [0.1, 0.15) is 60.2 Å². The monoisotopic (exact) mass is 540 g/mol. The number of carbonyl (C=O) groups is 2. The molecular weight excluding hydrogens is 509 g/mol. The molecule has 2 aromatic carbocycles. The molecule has 2 amide bonds. The molecule has 1 aliphatic rings. The van der Waals surface area contributed by atoms with Crippen molar-refractivity contribution in [3.63, 3.8) is 0 Å². The summed E-state index contributed by atoms with van der Waals surface area (Å²) >= 11 is 1.61. The van der Waals surface area contributed by atoms with Gasteiger partial charge in [0.15, 0.2) is 0 Å². The lowest BCUT2D eigenvalue weighted by Crippen LogP contribution is -2.57. The Labute approximate surface area is 221 Å². The molecule has 194 valence electrons. The van der Waals surface area contributed by atoms with Crippen LogP contribution < -0.4 is 11.1 Å². The van der Waals surface area contributed by atoms with Crippen LogP contribution in [0.3, 0.4) is 0 Å². The Bertz CT molecular complexity index is 1280. The first-order valence-electron chi connectivity index (χ1n) is 12.3. The Morgan fingerprint density at radius 2 is 1.86 bits per heavy atom. The summed E-state index contributed by atoms with van der Waals surface area (Å²) in [5, 5.41) is 4.87. The Morgan fingerprint density at radius 3 is 2.49 bits per heavy atom. The molecule has 4 rings (SSSR count). The van der Waals surface area contributed by atoms with Crippen molar-refractivity contribution >= 4 is 42.8 Å². The number of benzene rings is 2. The molecule has 0 radical (unpaired) electrons. The van der Waals surface area contributed by atoms with Crippen molar-refractivity contribution in [3.8, 4) is 10.4 Å². The van der Waals surface area contributed by atoms with E-state index in [1.165, 1.54) is 0 Å². The van der Waals surface area contributed by atoms with Gasteiger partial charge in [0.05, 0.1) is 11.4 Å². The fourth-order valence-corrected chi connectivity index (χ4v) is 6.14. The van der Waals surface area contributed by atoms with Gasteiger partial charge in [0.2, 0.25) is 0 Å². The summed E-state index contributed by atoms with van der Waals surface area (Å²) < 4.78 is 16.4. The number of hydrogen-bond acceptors (Lipinski definition) is 6. The van der Waals surface area contributed by atoms with Gasteiger partial charge in [-0.2, -0.15) is 0 Å². The lowest BCUT2D eigenvalue weighted by Gasteiger charge is -2.48. The lowest BCUT2D eigenvalue weighted by atomic mass is 9.80. The molecule has 4 N–H and O–H groups in total. The highest BCUT2D eigenvalue weighted by atomic mass is 32.1. The maximum Gasteiger partial charge on any atom is 0.694 e. The van der Waals surface area contributed by atoms with E-state index in [9.17, 15) is 19.0 Å². The zero-order valence-corrected chi connectivity index (χ0v) is 22.6. The molecule has 0 saturated carbocycles. The van der Waals surface area contributed by atoms with Crippen molar-refractivity contribution in [1.82, 2.24) is 4.90 Å². The Morgan fingerprint density at radius 1 is 1.16 bits per heavy atom. The standard InChI is InChI=1S/C27H30N3O5PS/c1-3-27(4-2)17-21(35-36(33)34)13-14-30(27)26(32)19-9-7-18(8-10-19)25(31)29-23-16-20(11-12-22(23)28)24-6-5-15-37-24/h5-12,15-16,21H,3-4,13-14,17H2,1-2H3,(H3-,28,29,31,32,33,34)/p+1. The Balaban J connectivity index is 1.48. The molecule has 0 aliphatic carbocycles. The van der Waals surface area contributed by atoms with E-state index in [2.05, 4.69) is 5.32 Å². The second kappa shape index (κ2) is 11.5. The largest absolute Gasteiger partial charge is 0.694 e. The quantitative estimate of drug-likeness (QED) is 0.235. The van der Waals surface area contributed by atoms with E-state index in [-0.39, 0.29) is 17.9 Å². The second-order valence-electron chi connectivity index (χ2n) is 9.16. The van der Waals surface area contributed by atoms with Gasteiger partial charge >= 0.3 is 8.25 Å². The summed E-state index contributed by atoms with van der Waals surface area (Å²) in [5.74, 6) is -0.447. The van der Waals surface area contributed by atoms with Crippen LogP contribution in [-0.4, -0.2) is 39.8 Å². The Kier molecular flexibility index (Phi) is 8.39. The molecular formula is C27H31N3O5PS+. The highest BCUT2D eigenvalue weighted by Gasteiger charge is 2.45. The average Bonchev–Trinajstić information content (AvgIpc) is 3.44. The second-order valence-corrected chi connectivity index (χ2v) is 10.8. The van der Waals surface area contributed by atoms with Gasteiger partial charge in [-0.25, -0.2) is 0 Å². The van der Waals surface area contributed by atoms with Crippen molar-refractivity contribution < 1.29 is 23.6 Å². The van der Waals surface area contributed by atoms with E-state index >= 15 is 0 Å². The minimum Gasteiger partial charge on any atom is -0.397 e. The van der Waals surface area contributed by atoms with Gasteiger partial charge in [-0.15, -0.1) is 20.8 Å². The van der Waals surface area contributed by atoms with Gasteiger partial charge in [0, 0.05) is 39.1 Å². The molecule has 2 heterocycles. The minimum absolute atomic E-state index is 0.129. The number of nitrogens with two attached hydrogens (primary N) is 1. The van der Waals surface area contributed by atoms with Crippen molar-refractivity contribution in [2.45, 2.75) is 51.2 Å². The van der Waals surface area contributed by atoms with E-state index in [4.69, 9.17) is 10.3 Å². The minimum atomic E-state index is -2.69. The van der Waals surface area contributed by atoms with Crippen LogP contribution in [0.4, 0.5) is 11.4 Å². The number of carbonyl (C=O) groups excluding carboxylic acids is 2. The van der Waals surface area contributed by atoms with Crippen LogP contribution in [0.5, 0.6) is 0 Å². The summed E-state index contributed by atoms with van der Waals surface area (Å²) in [7, 11) is -2.69. The molecule has 3 aromatic rings. The zero-order valence-electron chi connectivity index (χ0n) is 20.8. The van der Waals surface area contributed by atoms with E-state index in [1.54, 1.807) is 41.7 Å². The number of anilines is 2. The number of rotatable bonds is 8. The first-order chi connectivity index (χ1) is 17.8. The van der Waals surface area contributed by atoms with E-state index in [1.807, 2.05) is 48.4 Å². The van der Waals surface area contributed by atoms with Gasteiger partial charge < -0.3 is 16.0 Å². The third kappa shape index (κ3) is 5.91. The van der Waals surface area contributed by atoms with Crippen molar-refractivity contribution in [3.05, 3.63) is 71.1 Å². The van der Waals surface area contributed by atoms with E-state index < -0.39 is 13.8 Å². The lowest BCUT2D eigenvalue weighted by molar-refractivity contribution is -0.00831. The smallest absolute Gasteiger partial charge is 0.397 e. The number of nitrogens with one attached hydrogen (secondary N) is 1. The predicted molar refractivity (Wildman–Crippen MR) is 147 cm³/mol. The molecule has 2 unspecified atom stereocenters. The number of nitrogen functional groups attached to an aromatic ring is 1. The zero-order chi connectivity index (χ0) is 26.6. The fourth-order valence-electron chi connectivity index (χ4n) is 4.98. The normalized spacial score (nSPS) is 17.3. The third-order valence-electron chi connectivity index (χ3n) is 7.16. The molecule has 0 spiro atoms. The topological polar surface area (TPSA) is 122 Å². The number of thiophene rings is 1. The van der Waals surface area contributed by atoms with Gasteiger partial charge in [-0.3, -0.25) is 9.59 Å². The van der Waals surface area contributed by atoms with Crippen molar-refractivity contribution in [2.75, 3.05) is 17.6 Å². The van der Waals surface area contributed by atoms with Crippen LogP contribution in [0.15, 0.2) is 60.0 Å². The number of likely N-dealkylation sites (tertiary alicyclic amines) is 1. The highest BCUT2D eigenvalue weighted by molar-refractivity contribution is 7.32. The van der Waals surface area contributed by atoms with Gasteiger partial charge in [-0.05, 0) is 72.7 Å². The Hall–Kier alpha value is -3.10. The third-order valence-corrected chi connectivity index (χ3v) is 8.55. The molecule has 37 heavy (non-hydrogen) atoms. The molecule has 1 fully saturated rings. The molecule has 10 heteroatoms. The molecule has 0 bridgehead atoms. The molecule has 8 nitrogen and oxygen atoms in total. The summed E-state index contributed by atoms with van der Waals surface area (Å²) in [5.41, 5.74) is 8.49. The van der Waals surface area contributed by atoms with Crippen molar-refractivity contribution in [2.24, 2.45) is 0 Å². The molecule has 2 atom stereocenters. The maximum atomic E-state index is 13.5. The average molecular weight is 541 g/mol. The summed E-state index contributed by atoms with van der Waals surface area (Å²) in [6.45, 7) is 4.45. The van der Waals surface area contributed by atoms with E-state index in [0.717, 1.165) is 10.4 Å². The van der Waals surface area contributed by atoms with Crippen LogP contribution in [-0.2, 0) is 9.09 Å². The van der Waals surface area contributed by atoms with Crippen LogP contribution in [0.25, 0.3) is 10.4 Å². The van der Waals surface area contributed by atoms with Crippen molar-refractivity contribution in [1.29, 1.82) is 0 Å². The number of amides is 2. The fraction of sp³-hybridized carbons (Fsp3) is 0.333. The van der Waals surface area contributed by atoms with Gasteiger partial charge in [0.25, 0.3) is 11.8 Å². The van der Waals surface area contributed by atoms with E-state index in [0.29, 0.717) is 54.7 Å². The predicted octanol–water partition coefficient (Wildman–Crippen LogP) is 6.08. The van der Waals surface area contributed by atoms with Crippen LogP contribution >= 0.6 is 19.6 Å². The number of hydrogen-bond donors (Lipinski definition) is 3. The molecule has 1 aliphatic heterocycles. The summed E-state index contributed by atoms with van der Waals surface area (Å²) in [6.07, 6.45) is 2.02. The molecule has 1 saturated heterocycles. The maximum absolute atomic E-state index is 13.5. The van der Waals surface area contributed by atoms with Crippen LogP contribution in [0.2, 0.25) is 0 Å². The van der Waals surface area contributed by atoms with Crippen LogP contribution in [0, 0.1) is 0 Å². The molecule has 1 aromatic heterocycles. The van der Waals surface area contributed by atoms with Gasteiger partial charge in [-0.1, -0.05) is 26.0 Å². The first-order valence-corrected chi connectivity index (χ1v) is 14.3. The summed E-state index contributed by atoms with van der Waals surface area (Å²) in [6, 6.07) is 16.1.